The van der Waals surface area contributed by atoms with Crippen LogP contribution in [0.3, 0.4) is 0 Å². The Balaban J connectivity index is 2.13. The van der Waals surface area contributed by atoms with E-state index in [0.717, 1.165) is 0 Å². The number of phenols is 1. The number of piperazine rings is 1. The Labute approximate surface area is 118 Å². The molecule has 0 radical (unpaired) electrons. The number of phenolic OH excluding ortho intramolecular Hbond substituents is 1. The summed E-state index contributed by atoms with van der Waals surface area (Å²) in [6, 6.07) is 3.90. The van der Waals surface area contributed by atoms with Crippen molar-refractivity contribution in [3.05, 3.63) is 18.2 Å². The molecule has 0 spiro atoms. The van der Waals surface area contributed by atoms with Crippen molar-refractivity contribution < 1.29 is 18.6 Å². The van der Waals surface area contributed by atoms with Gasteiger partial charge in [0.25, 0.3) is 0 Å². The van der Waals surface area contributed by atoms with Crippen LogP contribution >= 0.6 is 0 Å². The summed E-state index contributed by atoms with van der Waals surface area (Å²) in [5.41, 5.74) is 5.59. The zero-order valence-corrected chi connectivity index (χ0v) is 11.9. The zero-order chi connectivity index (χ0) is 14.8. The Morgan fingerprint density at radius 1 is 1.20 bits per heavy atom. The maximum Gasteiger partial charge on any atom is 0.243 e. The molecule has 1 heterocycles. The van der Waals surface area contributed by atoms with Gasteiger partial charge in [-0.3, -0.25) is 4.90 Å². The number of aromatic hydroxyl groups is 1. The number of aliphatic hydroxyl groups is 1. The fourth-order valence-electron chi connectivity index (χ4n) is 2.18. The molecule has 0 bridgehead atoms. The number of nitrogens with two attached hydrogens (primary N) is 1. The molecule has 112 valence electrons. The molecule has 0 saturated carbocycles. The molecule has 8 heteroatoms. The van der Waals surface area contributed by atoms with Crippen LogP contribution in [-0.2, 0) is 10.0 Å². The van der Waals surface area contributed by atoms with Crippen molar-refractivity contribution in [2.24, 2.45) is 0 Å². The summed E-state index contributed by atoms with van der Waals surface area (Å²) in [6.07, 6.45) is 0. The molecule has 2 rings (SSSR count). The molecule has 1 aliphatic rings. The van der Waals surface area contributed by atoms with Crippen LogP contribution in [0.1, 0.15) is 0 Å². The van der Waals surface area contributed by atoms with E-state index in [9.17, 15) is 13.5 Å². The summed E-state index contributed by atoms with van der Waals surface area (Å²) >= 11 is 0. The van der Waals surface area contributed by atoms with Crippen molar-refractivity contribution in [1.29, 1.82) is 0 Å². The fourth-order valence-corrected chi connectivity index (χ4v) is 3.64. The first-order valence-electron chi connectivity index (χ1n) is 6.37. The van der Waals surface area contributed by atoms with Crippen LogP contribution < -0.4 is 5.73 Å². The number of aliphatic hydroxyl groups excluding tert-OH is 1. The van der Waals surface area contributed by atoms with Crippen molar-refractivity contribution in [2.45, 2.75) is 4.90 Å². The van der Waals surface area contributed by atoms with E-state index in [-0.39, 0.29) is 22.9 Å². The van der Waals surface area contributed by atoms with Gasteiger partial charge in [0.2, 0.25) is 10.0 Å². The van der Waals surface area contributed by atoms with Gasteiger partial charge in [0, 0.05) is 32.7 Å². The first kappa shape index (κ1) is 15.0. The van der Waals surface area contributed by atoms with Gasteiger partial charge in [-0.2, -0.15) is 4.31 Å². The monoisotopic (exact) mass is 301 g/mol. The summed E-state index contributed by atoms with van der Waals surface area (Å²) in [7, 11) is -3.59. The van der Waals surface area contributed by atoms with E-state index in [0.29, 0.717) is 32.7 Å². The SMILES string of the molecule is Nc1cc(S(=O)(=O)N2CCN(CCO)CC2)ccc1O. The molecule has 1 aromatic carbocycles. The van der Waals surface area contributed by atoms with Gasteiger partial charge in [-0.25, -0.2) is 8.42 Å². The van der Waals surface area contributed by atoms with Gasteiger partial charge in [-0.1, -0.05) is 0 Å². The number of nitrogen functional groups attached to an aromatic ring is 1. The Morgan fingerprint density at radius 2 is 1.85 bits per heavy atom. The van der Waals surface area contributed by atoms with Crippen molar-refractivity contribution >= 4 is 15.7 Å². The topological polar surface area (TPSA) is 107 Å². The number of benzene rings is 1. The van der Waals surface area contributed by atoms with Crippen LogP contribution in [0.2, 0.25) is 0 Å². The second kappa shape index (κ2) is 5.96. The number of rotatable bonds is 4. The normalized spacial score (nSPS) is 18.2. The lowest BCUT2D eigenvalue weighted by Crippen LogP contribution is -2.49. The summed E-state index contributed by atoms with van der Waals surface area (Å²) in [5.74, 6) is -0.128. The molecule has 7 nitrogen and oxygen atoms in total. The first-order chi connectivity index (χ1) is 9.45. The molecule has 1 fully saturated rings. The molecule has 1 aromatic rings. The molecule has 20 heavy (non-hydrogen) atoms. The third-order valence-corrected chi connectivity index (χ3v) is 5.28. The molecule has 0 aliphatic carbocycles. The second-order valence-corrected chi connectivity index (χ2v) is 6.63. The molecule has 0 unspecified atom stereocenters. The van der Waals surface area contributed by atoms with Gasteiger partial charge < -0.3 is 15.9 Å². The molecular formula is C12H19N3O4S. The van der Waals surface area contributed by atoms with Gasteiger partial charge in [0.1, 0.15) is 5.75 Å². The average Bonchev–Trinajstić information content (AvgIpc) is 2.43. The molecule has 1 aliphatic heterocycles. The van der Waals surface area contributed by atoms with Crippen LogP contribution in [0.4, 0.5) is 5.69 Å². The van der Waals surface area contributed by atoms with Crippen LogP contribution in [0.5, 0.6) is 5.75 Å². The number of nitrogens with zero attached hydrogens (tertiary/aromatic N) is 2. The maximum atomic E-state index is 12.4. The van der Waals surface area contributed by atoms with E-state index in [1.807, 2.05) is 4.90 Å². The Hall–Kier alpha value is -1.35. The van der Waals surface area contributed by atoms with E-state index in [4.69, 9.17) is 10.8 Å². The number of anilines is 1. The molecule has 4 N–H and O–H groups in total. The molecule has 1 saturated heterocycles. The van der Waals surface area contributed by atoms with Crippen molar-refractivity contribution in [2.75, 3.05) is 45.1 Å². The largest absolute Gasteiger partial charge is 0.506 e. The predicted molar refractivity (Wildman–Crippen MR) is 74.8 cm³/mol. The zero-order valence-electron chi connectivity index (χ0n) is 11.1. The van der Waals surface area contributed by atoms with Crippen LogP contribution in [-0.4, -0.2) is 67.2 Å². The van der Waals surface area contributed by atoms with E-state index in [1.54, 1.807) is 0 Å². The summed E-state index contributed by atoms with van der Waals surface area (Å²) in [5, 5.41) is 18.2. The van der Waals surface area contributed by atoms with Crippen molar-refractivity contribution in [3.8, 4) is 5.75 Å². The highest BCUT2D eigenvalue weighted by Crippen LogP contribution is 2.25. The summed E-state index contributed by atoms with van der Waals surface area (Å²) < 4.78 is 26.3. The minimum atomic E-state index is -3.59. The minimum absolute atomic E-state index is 0.0463. The van der Waals surface area contributed by atoms with E-state index in [2.05, 4.69) is 0 Å². The number of β-amino-alcohol motifs (C(OH)–C–C–N with tert-alkyl or cyclic N) is 1. The van der Waals surface area contributed by atoms with Gasteiger partial charge in [0.15, 0.2) is 0 Å². The second-order valence-electron chi connectivity index (χ2n) is 4.69. The molecular weight excluding hydrogens is 282 g/mol. The van der Waals surface area contributed by atoms with Gasteiger partial charge in [-0.15, -0.1) is 0 Å². The fraction of sp³-hybridized carbons (Fsp3) is 0.500. The molecule has 0 aromatic heterocycles. The standard InChI is InChI=1S/C12H19N3O4S/c13-11-9-10(1-2-12(11)17)20(18,19)15-5-3-14(4-6-15)7-8-16/h1-2,9,16-17H,3-8,13H2. The predicted octanol–water partition coefficient (Wildman–Crippen LogP) is -0.727. The average molecular weight is 301 g/mol. The number of sulfonamides is 1. The lowest BCUT2D eigenvalue weighted by molar-refractivity contribution is 0.151. The Kier molecular flexibility index (Phi) is 4.48. The third kappa shape index (κ3) is 3.04. The van der Waals surface area contributed by atoms with Crippen LogP contribution in [0.15, 0.2) is 23.1 Å². The lowest BCUT2D eigenvalue weighted by Gasteiger charge is -2.33. The summed E-state index contributed by atoms with van der Waals surface area (Å²) in [4.78, 5) is 2.10. The van der Waals surface area contributed by atoms with E-state index in [1.165, 1.54) is 22.5 Å². The van der Waals surface area contributed by atoms with Crippen LogP contribution in [0, 0.1) is 0 Å². The number of hydrogen-bond donors (Lipinski definition) is 3. The van der Waals surface area contributed by atoms with E-state index >= 15 is 0 Å². The quantitative estimate of drug-likeness (QED) is 0.500. The number of hydrogen-bond acceptors (Lipinski definition) is 6. The van der Waals surface area contributed by atoms with E-state index < -0.39 is 10.0 Å². The maximum absolute atomic E-state index is 12.4. The molecule has 0 atom stereocenters. The van der Waals surface area contributed by atoms with Crippen molar-refractivity contribution in [3.63, 3.8) is 0 Å². The third-order valence-electron chi connectivity index (χ3n) is 3.38. The van der Waals surface area contributed by atoms with Crippen molar-refractivity contribution in [1.82, 2.24) is 9.21 Å². The lowest BCUT2D eigenvalue weighted by atomic mass is 10.3. The highest BCUT2D eigenvalue weighted by molar-refractivity contribution is 7.89. The van der Waals surface area contributed by atoms with Gasteiger partial charge in [-0.05, 0) is 18.2 Å². The minimum Gasteiger partial charge on any atom is -0.506 e. The van der Waals surface area contributed by atoms with Crippen LogP contribution in [0.25, 0.3) is 0 Å². The highest BCUT2D eigenvalue weighted by Gasteiger charge is 2.28. The molecule has 0 amide bonds. The van der Waals surface area contributed by atoms with Gasteiger partial charge >= 0.3 is 0 Å². The first-order valence-corrected chi connectivity index (χ1v) is 7.81. The summed E-state index contributed by atoms with van der Waals surface area (Å²) in [6.45, 7) is 2.56. The van der Waals surface area contributed by atoms with Gasteiger partial charge in [0.05, 0.1) is 17.2 Å². The highest BCUT2D eigenvalue weighted by atomic mass is 32.2. The Morgan fingerprint density at radius 3 is 2.40 bits per heavy atom. The smallest absolute Gasteiger partial charge is 0.243 e. The Bertz CT molecular complexity index is 568.